The minimum absolute atomic E-state index is 0.176. The van der Waals surface area contributed by atoms with Crippen LogP contribution in [0.4, 0.5) is 19.2 Å². The smallest absolute Gasteiger partial charge is 0.437 e. The average molecular weight is 652 g/mol. The van der Waals surface area contributed by atoms with Gasteiger partial charge in [0.1, 0.15) is 11.6 Å². The number of ether oxygens (including phenoxy) is 1. The summed E-state index contributed by atoms with van der Waals surface area (Å²) in [5, 5.41) is 11.8. The molecule has 0 spiro atoms. The molecule has 1 atom stereocenters. The van der Waals surface area contributed by atoms with Gasteiger partial charge in [0.05, 0.1) is 24.8 Å². The third-order valence-electron chi connectivity index (χ3n) is 8.88. The van der Waals surface area contributed by atoms with Crippen LogP contribution in [0.1, 0.15) is 63.8 Å². The highest BCUT2D eigenvalue weighted by molar-refractivity contribution is 5.95. The minimum Gasteiger partial charge on any atom is -0.493 e. The normalized spacial score (nSPS) is 19.4. The summed E-state index contributed by atoms with van der Waals surface area (Å²) in [4.78, 5) is 36.3. The van der Waals surface area contributed by atoms with E-state index in [4.69, 9.17) is 14.3 Å². The first-order chi connectivity index (χ1) is 22.6. The van der Waals surface area contributed by atoms with Crippen LogP contribution in [0, 0.1) is 5.92 Å². The summed E-state index contributed by atoms with van der Waals surface area (Å²) in [6.07, 6.45) is 1.81. The van der Waals surface area contributed by atoms with E-state index in [1.54, 1.807) is 29.2 Å². The summed E-state index contributed by atoms with van der Waals surface area (Å²) in [5.74, 6) is -0.974. The molecule has 47 heavy (non-hydrogen) atoms. The number of rotatable bonds is 8. The van der Waals surface area contributed by atoms with E-state index in [2.05, 4.69) is 32.3 Å². The molecule has 13 heteroatoms. The number of aromatic nitrogens is 1. The topological polar surface area (TPSA) is 120 Å². The maximum atomic E-state index is 13.9. The number of benzene rings is 2. The molecule has 248 valence electrons. The number of alkyl halides is 3. The summed E-state index contributed by atoms with van der Waals surface area (Å²) >= 11 is 0. The number of carbonyl (C=O) groups excluding carboxylic acids is 1. The van der Waals surface area contributed by atoms with Gasteiger partial charge in [-0.1, -0.05) is 42.5 Å². The molecule has 2 fully saturated rings. The van der Waals surface area contributed by atoms with Gasteiger partial charge in [0.2, 0.25) is 5.76 Å². The fourth-order valence-corrected chi connectivity index (χ4v) is 6.22. The highest BCUT2D eigenvalue weighted by Gasteiger charge is 2.42. The lowest BCUT2D eigenvalue weighted by molar-refractivity contribution is -0.141. The molecule has 6 rings (SSSR count). The monoisotopic (exact) mass is 651 g/mol. The van der Waals surface area contributed by atoms with Gasteiger partial charge in [0, 0.05) is 26.2 Å². The number of nitrogens with zero attached hydrogens (tertiary/aromatic N) is 4. The minimum atomic E-state index is -4.86. The van der Waals surface area contributed by atoms with E-state index in [1.807, 2.05) is 18.2 Å². The van der Waals surface area contributed by atoms with Gasteiger partial charge >= 0.3 is 12.1 Å². The summed E-state index contributed by atoms with van der Waals surface area (Å²) in [6.45, 7) is 3.06. The lowest BCUT2D eigenvalue weighted by Crippen LogP contribution is -2.43. The predicted molar refractivity (Wildman–Crippen MR) is 168 cm³/mol. The molecule has 2 saturated heterocycles. The Morgan fingerprint density at radius 1 is 0.979 bits per heavy atom. The third kappa shape index (κ3) is 7.78. The van der Waals surface area contributed by atoms with Crippen LogP contribution in [0.5, 0.6) is 5.75 Å². The molecule has 3 aliphatic heterocycles. The largest absolute Gasteiger partial charge is 0.493 e. The number of anilines is 1. The molecule has 0 bridgehead atoms. The number of halogens is 3. The Morgan fingerprint density at radius 3 is 2.36 bits per heavy atom. The molecule has 4 heterocycles. The second-order valence-corrected chi connectivity index (χ2v) is 12.1. The van der Waals surface area contributed by atoms with Crippen molar-refractivity contribution < 1.29 is 37.0 Å². The number of nitrogens with one attached hydrogen (secondary N) is 1. The Hall–Kier alpha value is -4.81. The molecule has 2 aromatic carbocycles. The van der Waals surface area contributed by atoms with Crippen molar-refractivity contribution in [3.8, 4) is 5.75 Å². The standard InChI is InChI=1S/C34H36F3N5O5/c35-34(36,37)30-29(47-33(40-30)42-17-13-24(14-18-42)23-5-2-1-3-6-23)31(43)39-26-9-10-28(38-20-26)41-15-11-22(12-16-41)21-46-27-8-4-7-25(19-27)32(44)45/h1-10,19,22,24,26H,11-18,20-21H2,(H,39,43)(H,44,45). The van der Waals surface area contributed by atoms with E-state index < -0.39 is 35.5 Å². The lowest BCUT2D eigenvalue weighted by Gasteiger charge is -2.34. The second kappa shape index (κ2) is 13.9. The highest BCUT2D eigenvalue weighted by atomic mass is 19.4. The first kappa shape index (κ1) is 32.1. The van der Waals surface area contributed by atoms with Gasteiger partial charge in [-0.05, 0) is 67.4 Å². The fraction of sp³-hybridized carbons (Fsp3) is 0.412. The number of amidine groups is 1. The molecule has 2 N–H and O–H groups in total. The van der Waals surface area contributed by atoms with Gasteiger partial charge in [-0.2, -0.15) is 18.2 Å². The SMILES string of the molecule is O=C(O)c1cccc(OCC2CCN(C3=NCC(NC(=O)c4oc(N5CCC(c6ccccc6)CC5)nc4C(F)(F)F)C=C3)CC2)c1. The molecule has 1 aromatic heterocycles. The van der Waals surface area contributed by atoms with Gasteiger partial charge < -0.3 is 29.4 Å². The van der Waals surface area contributed by atoms with Gasteiger partial charge in [0.25, 0.3) is 11.9 Å². The first-order valence-electron chi connectivity index (χ1n) is 15.8. The van der Waals surface area contributed by atoms with Crippen LogP contribution in [0.2, 0.25) is 0 Å². The van der Waals surface area contributed by atoms with Crippen LogP contribution >= 0.6 is 0 Å². The van der Waals surface area contributed by atoms with Gasteiger partial charge in [-0.25, -0.2) is 4.79 Å². The Balaban J connectivity index is 0.999. The van der Waals surface area contributed by atoms with Crippen LogP contribution in [0.3, 0.4) is 0 Å². The molecule has 10 nitrogen and oxygen atoms in total. The zero-order chi connectivity index (χ0) is 33.0. The van der Waals surface area contributed by atoms with Gasteiger partial charge in [-0.15, -0.1) is 0 Å². The number of aromatic carboxylic acids is 1. The van der Waals surface area contributed by atoms with Crippen LogP contribution in [-0.2, 0) is 6.18 Å². The number of dihydropyridines is 1. The number of amides is 1. The van der Waals surface area contributed by atoms with Crippen molar-refractivity contribution in [2.45, 2.75) is 43.8 Å². The summed E-state index contributed by atoms with van der Waals surface area (Å²) in [5.41, 5.74) is 0.0367. The predicted octanol–water partition coefficient (Wildman–Crippen LogP) is 5.63. The van der Waals surface area contributed by atoms with E-state index in [0.29, 0.717) is 37.3 Å². The number of piperidine rings is 2. The van der Waals surface area contributed by atoms with E-state index in [1.165, 1.54) is 17.7 Å². The highest BCUT2D eigenvalue weighted by Crippen LogP contribution is 2.36. The number of carboxylic acids is 1. The Kier molecular flexibility index (Phi) is 9.50. The molecule has 1 amide bonds. The number of carboxylic acid groups (broad SMARTS) is 1. The second-order valence-electron chi connectivity index (χ2n) is 12.1. The fourth-order valence-electron chi connectivity index (χ4n) is 6.22. The number of hydrogen-bond acceptors (Lipinski definition) is 8. The van der Waals surface area contributed by atoms with Crippen molar-refractivity contribution in [3.63, 3.8) is 0 Å². The van der Waals surface area contributed by atoms with E-state index in [-0.39, 0.29) is 18.1 Å². The van der Waals surface area contributed by atoms with Gasteiger partial charge in [-0.3, -0.25) is 9.79 Å². The van der Waals surface area contributed by atoms with Crippen LogP contribution in [0.15, 0.2) is 76.2 Å². The van der Waals surface area contributed by atoms with E-state index >= 15 is 0 Å². The van der Waals surface area contributed by atoms with Crippen molar-refractivity contribution in [2.75, 3.05) is 44.2 Å². The summed E-state index contributed by atoms with van der Waals surface area (Å²) in [7, 11) is 0. The first-order valence-corrected chi connectivity index (χ1v) is 15.8. The molecule has 0 aliphatic carbocycles. The molecule has 3 aromatic rings. The number of carbonyl (C=O) groups is 2. The Bertz CT molecular complexity index is 1620. The lowest BCUT2D eigenvalue weighted by atomic mass is 9.90. The number of aliphatic imine (C=N–C) groups is 1. The van der Waals surface area contributed by atoms with Crippen molar-refractivity contribution >= 4 is 23.7 Å². The Labute approximate surface area is 269 Å². The molecular weight excluding hydrogens is 615 g/mol. The Morgan fingerprint density at radius 2 is 1.70 bits per heavy atom. The zero-order valence-electron chi connectivity index (χ0n) is 25.7. The number of oxazole rings is 1. The molecule has 0 saturated carbocycles. The molecule has 3 aliphatic rings. The summed E-state index contributed by atoms with van der Waals surface area (Å²) < 4.78 is 53.1. The van der Waals surface area contributed by atoms with Crippen molar-refractivity contribution in [1.82, 2.24) is 15.2 Å². The van der Waals surface area contributed by atoms with E-state index in [0.717, 1.165) is 44.6 Å². The van der Waals surface area contributed by atoms with Crippen LogP contribution in [-0.4, -0.2) is 78.1 Å². The molecule has 1 unspecified atom stereocenters. The molecule has 0 radical (unpaired) electrons. The van der Waals surface area contributed by atoms with Crippen LogP contribution < -0.4 is 15.0 Å². The number of hydrogen-bond donors (Lipinski definition) is 2. The third-order valence-corrected chi connectivity index (χ3v) is 8.88. The molecular formula is C34H36F3N5O5. The van der Waals surface area contributed by atoms with E-state index in [9.17, 15) is 22.8 Å². The number of likely N-dealkylation sites (tertiary alicyclic amines) is 1. The summed E-state index contributed by atoms with van der Waals surface area (Å²) in [6, 6.07) is 15.6. The zero-order valence-corrected chi connectivity index (χ0v) is 25.7. The van der Waals surface area contributed by atoms with Crippen molar-refractivity contribution in [2.24, 2.45) is 10.9 Å². The maximum Gasteiger partial charge on any atom is 0.437 e. The van der Waals surface area contributed by atoms with Crippen molar-refractivity contribution in [1.29, 1.82) is 0 Å². The van der Waals surface area contributed by atoms with Crippen molar-refractivity contribution in [3.05, 3.63) is 89.3 Å². The van der Waals surface area contributed by atoms with Crippen LogP contribution in [0.25, 0.3) is 0 Å². The van der Waals surface area contributed by atoms with Gasteiger partial charge in [0.15, 0.2) is 5.69 Å². The maximum absolute atomic E-state index is 13.9. The quantitative estimate of drug-likeness (QED) is 0.322. The average Bonchev–Trinajstić information content (AvgIpc) is 3.56.